The van der Waals surface area contributed by atoms with E-state index in [1.807, 2.05) is 11.0 Å². The molecule has 2 aliphatic heterocycles. The Morgan fingerprint density at radius 2 is 2.08 bits per heavy atom. The number of hydrogen-bond acceptors (Lipinski definition) is 3. The van der Waals surface area contributed by atoms with E-state index in [2.05, 4.69) is 46.3 Å². The Hall–Kier alpha value is -2.11. The van der Waals surface area contributed by atoms with Gasteiger partial charge in [0.25, 0.3) is 5.91 Å². The van der Waals surface area contributed by atoms with E-state index in [9.17, 15) is 4.79 Å². The van der Waals surface area contributed by atoms with E-state index in [4.69, 9.17) is 0 Å². The molecule has 1 amide bonds. The summed E-state index contributed by atoms with van der Waals surface area (Å²) in [4.78, 5) is 17.1. The van der Waals surface area contributed by atoms with Gasteiger partial charge in [-0.25, -0.2) is 0 Å². The van der Waals surface area contributed by atoms with Crippen LogP contribution < -0.4 is 5.32 Å². The second-order valence-electron chi connectivity index (χ2n) is 6.92. The summed E-state index contributed by atoms with van der Waals surface area (Å²) in [6, 6.07) is 15.3. The maximum Gasteiger partial charge on any atom is 0.264 e. The number of carbonyl (C=O) groups excluding carboxylic acids is 1. The largest absolute Gasteiger partial charge is 0.341 e. The Morgan fingerprint density at radius 1 is 1.16 bits per heavy atom. The molecule has 1 aromatic carbocycles. The van der Waals surface area contributed by atoms with E-state index in [1.165, 1.54) is 34.3 Å². The summed E-state index contributed by atoms with van der Waals surface area (Å²) < 4.78 is 2.35. The Morgan fingerprint density at radius 3 is 2.96 bits per heavy atom. The van der Waals surface area contributed by atoms with Crippen LogP contribution in [-0.4, -0.2) is 28.5 Å². The molecule has 0 spiro atoms. The topological polar surface area (TPSA) is 37.3 Å². The first kappa shape index (κ1) is 15.2. The highest BCUT2D eigenvalue weighted by atomic mass is 32.1. The molecule has 4 nitrogen and oxygen atoms in total. The van der Waals surface area contributed by atoms with Crippen molar-refractivity contribution in [2.75, 3.05) is 13.1 Å². The van der Waals surface area contributed by atoms with Crippen LogP contribution in [0.2, 0.25) is 0 Å². The van der Waals surface area contributed by atoms with Crippen LogP contribution in [0.3, 0.4) is 0 Å². The maximum atomic E-state index is 13.0. The summed E-state index contributed by atoms with van der Waals surface area (Å²) in [5.41, 5.74) is 2.50. The van der Waals surface area contributed by atoms with Crippen LogP contribution in [0, 0.1) is 0 Å². The van der Waals surface area contributed by atoms with Crippen LogP contribution in [0.4, 0.5) is 0 Å². The van der Waals surface area contributed by atoms with Crippen LogP contribution in [0.15, 0.2) is 42.5 Å². The van der Waals surface area contributed by atoms with Crippen molar-refractivity contribution in [3.05, 3.63) is 57.9 Å². The molecule has 25 heavy (non-hydrogen) atoms. The number of hydrogen-bond donors (Lipinski definition) is 1. The van der Waals surface area contributed by atoms with Gasteiger partial charge in [0.2, 0.25) is 0 Å². The molecule has 0 radical (unpaired) electrons. The number of fused-ring (bicyclic) bond motifs is 3. The van der Waals surface area contributed by atoms with E-state index >= 15 is 0 Å². The molecule has 4 heterocycles. The molecule has 5 rings (SSSR count). The summed E-state index contributed by atoms with van der Waals surface area (Å²) in [5.74, 6) is 0.172. The summed E-state index contributed by atoms with van der Waals surface area (Å²) in [6.07, 6.45) is 2.40. The molecule has 2 aromatic heterocycles. The monoisotopic (exact) mass is 351 g/mol. The first-order chi connectivity index (χ1) is 12.3. The zero-order chi connectivity index (χ0) is 16.8. The minimum Gasteiger partial charge on any atom is -0.341 e. The van der Waals surface area contributed by atoms with Gasteiger partial charge in [-0.1, -0.05) is 18.2 Å². The number of para-hydroxylation sites is 1. The Balaban J connectivity index is 1.38. The summed E-state index contributed by atoms with van der Waals surface area (Å²) >= 11 is 1.66. The van der Waals surface area contributed by atoms with Gasteiger partial charge in [0.05, 0.1) is 11.4 Å². The number of benzene rings is 1. The predicted molar refractivity (Wildman–Crippen MR) is 101 cm³/mol. The van der Waals surface area contributed by atoms with E-state index in [0.717, 1.165) is 24.5 Å². The van der Waals surface area contributed by atoms with E-state index in [1.54, 1.807) is 11.3 Å². The number of amides is 1. The van der Waals surface area contributed by atoms with Crippen molar-refractivity contribution in [3.8, 4) is 0 Å². The van der Waals surface area contributed by atoms with Crippen molar-refractivity contribution in [1.29, 1.82) is 0 Å². The van der Waals surface area contributed by atoms with Crippen LogP contribution in [0.25, 0.3) is 10.9 Å². The molecule has 128 valence electrons. The van der Waals surface area contributed by atoms with Crippen molar-refractivity contribution < 1.29 is 4.79 Å². The fourth-order valence-electron chi connectivity index (χ4n) is 4.07. The molecule has 3 aromatic rings. The molecular formula is C20H21N3OS. The van der Waals surface area contributed by atoms with Gasteiger partial charge in [0.1, 0.15) is 0 Å². The smallest absolute Gasteiger partial charge is 0.264 e. The normalized spacial score (nSPS) is 20.2. The Kier molecular flexibility index (Phi) is 3.64. The molecule has 1 saturated heterocycles. The Bertz CT molecular complexity index is 935. The lowest BCUT2D eigenvalue weighted by Crippen LogP contribution is -2.37. The van der Waals surface area contributed by atoms with Crippen molar-refractivity contribution in [1.82, 2.24) is 14.8 Å². The number of thiophene rings is 1. The minimum absolute atomic E-state index is 0.172. The molecule has 5 heteroatoms. The summed E-state index contributed by atoms with van der Waals surface area (Å²) in [7, 11) is 0. The van der Waals surface area contributed by atoms with Crippen molar-refractivity contribution >= 4 is 28.1 Å². The van der Waals surface area contributed by atoms with Gasteiger partial charge < -0.3 is 14.8 Å². The standard InChI is InChI=1S/C20H21N3OS/c24-20(19-8-7-18(25-19)16-5-3-9-21-16)22-10-11-23-15(13-22)12-14-4-1-2-6-17(14)23/h1-2,4,6-8,12,16,21H,3,5,9-11,13H2. The van der Waals surface area contributed by atoms with Crippen molar-refractivity contribution in [2.45, 2.75) is 32.0 Å². The zero-order valence-electron chi connectivity index (χ0n) is 14.1. The first-order valence-electron chi connectivity index (χ1n) is 8.99. The lowest BCUT2D eigenvalue weighted by Gasteiger charge is -2.28. The quantitative estimate of drug-likeness (QED) is 0.763. The van der Waals surface area contributed by atoms with Crippen LogP contribution >= 0.6 is 11.3 Å². The van der Waals surface area contributed by atoms with Crippen LogP contribution in [0.1, 0.15) is 39.1 Å². The SMILES string of the molecule is O=C(c1ccc(C2CCCN2)s1)N1CCn2c(cc3ccccc32)C1. The van der Waals surface area contributed by atoms with E-state index in [-0.39, 0.29) is 5.91 Å². The molecule has 1 N–H and O–H groups in total. The number of carbonyl (C=O) groups is 1. The lowest BCUT2D eigenvalue weighted by molar-refractivity contribution is 0.0717. The third kappa shape index (κ3) is 2.58. The number of nitrogens with one attached hydrogen (secondary N) is 1. The van der Waals surface area contributed by atoms with Gasteiger partial charge in [-0.2, -0.15) is 0 Å². The predicted octanol–water partition coefficient (Wildman–Crippen LogP) is 3.78. The minimum atomic E-state index is 0.172. The average molecular weight is 351 g/mol. The van der Waals surface area contributed by atoms with Gasteiger partial charge in [-0.05, 0) is 49.0 Å². The van der Waals surface area contributed by atoms with E-state index in [0.29, 0.717) is 12.6 Å². The van der Waals surface area contributed by atoms with E-state index < -0.39 is 0 Å². The molecule has 0 aliphatic carbocycles. The van der Waals surface area contributed by atoms with Crippen molar-refractivity contribution in [2.24, 2.45) is 0 Å². The third-order valence-corrected chi connectivity index (χ3v) is 6.56. The third-order valence-electron chi connectivity index (χ3n) is 5.37. The van der Waals surface area contributed by atoms with Crippen molar-refractivity contribution in [3.63, 3.8) is 0 Å². The highest BCUT2D eigenvalue weighted by molar-refractivity contribution is 7.14. The lowest BCUT2D eigenvalue weighted by atomic mass is 10.2. The molecule has 1 atom stereocenters. The van der Waals surface area contributed by atoms with Gasteiger partial charge in [0, 0.05) is 35.2 Å². The molecular weight excluding hydrogens is 330 g/mol. The summed E-state index contributed by atoms with van der Waals surface area (Å²) in [6.45, 7) is 3.43. The zero-order valence-corrected chi connectivity index (χ0v) is 14.9. The molecule has 1 unspecified atom stereocenters. The van der Waals surface area contributed by atoms with Gasteiger partial charge >= 0.3 is 0 Å². The molecule has 1 fully saturated rings. The fraction of sp³-hybridized carbons (Fsp3) is 0.350. The second kappa shape index (κ2) is 6.00. The van der Waals surface area contributed by atoms with Gasteiger partial charge in [-0.3, -0.25) is 4.79 Å². The number of rotatable bonds is 2. The molecule has 2 aliphatic rings. The average Bonchev–Trinajstić information content (AvgIpc) is 3.38. The highest BCUT2D eigenvalue weighted by Gasteiger charge is 2.25. The Labute approximate surface area is 151 Å². The highest BCUT2D eigenvalue weighted by Crippen LogP contribution is 2.31. The first-order valence-corrected chi connectivity index (χ1v) is 9.81. The van der Waals surface area contributed by atoms with Crippen LogP contribution in [0.5, 0.6) is 0 Å². The van der Waals surface area contributed by atoms with Gasteiger partial charge in [-0.15, -0.1) is 11.3 Å². The fourth-order valence-corrected chi connectivity index (χ4v) is 5.16. The maximum absolute atomic E-state index is 13.0. The van der Waals surface area contributed by atoms with Gasteiger partial charge in [0.15, 0.2) is 0 Å². The number of aromatic nitrogens is 1. The van der Waals surface area contributed by atoms with Crippen LogP contribution in [-0.2, 0) is 13.1 Å². The number of nitrogens with zero attached hydrogens (tertiary/aromatic N) is 2. The molecule has 0 bridgehead atoms. The second-order valence-corrected chi connectivity index (χ2v) is 8.04. The summed E-state index contributed by atoms with van der Waals surface area (Å²) in [5, 5.41) is 4.78. The molecule has 0 saturated carbocycles.